The standard InChI is InChI=1S/C25H18F4O3S2/c26-20-13-17-23(18-14-20)33(21-7-3-1-4-8-21,22-9-5-2-6-10-22)32-34(30,31)24-15-11-19(12-16-24)25(27,28)29/h1-18H. The van der Waals surface area contributed by atoms with Crippen LogP contribution in [0.4, 0.5) is 17.6 Å². The first-order valence-electron chi connectivity index (χ1n) is 9.95. The van der Waals surface area contributed by atoms with E-state index in [0.29, 0.717) is 26.8 Å². The van der Waals surface area contributed by atoms with E-state index in [9.17, 15) is 26.0 Å². The summed E-state index contributed by atoms with van der Waals surface area (Å²) in [5, 5.41) is 0. The molecule has 0 amide bonds. The molecule has 9 heteroatoms. The first kappa shape index (κ1) is 24.0. The molecule has 0 heterocycles. The smallest absolute Gasteiger partial charge is 0.207 e. The predicted molar refractivity (Wildman–Crippen MR) is 121 cm³/mol. The monoisotopic (exact) mass is 506 g/mol. The zero-order valence-electron chi connectivity index (χ0n) is 17.4. The Morgan fingerprint density at radius 3 is 1.41 bits per heavy atom. The minimum Gasteiger partial charge on any atom is -0.207 e. The summed E-state index contributed by atoms with van der Waals surface area (Å²) in [6.45, 7) is 0. The Kier molecular flexibility index (Phi) is 6.53. The topological polar surface area (TPSA) is 43.4 Å². The quantitative estimate of drug-likeness (QED) is 0.255. The van der Waals surface area contributed by atoms with Crippen molar-refractivity contribution in [1.82, 2.24) is 0 Å². The molecule has 0 aliphatic rings. The van der Waals surface area contributed by atoms with Gasteiger partial charge in [0, 0.05) is 14.7 Å². The van der Waals surface area contributed by atoms with E-state index in [4.69, 9.17) is 3.63 Å². The molecular weight excluding hydrogens is 488 g/mol. The Balaban J connectivity index is 1.93. The Hall–Kier alpha value is -3.14. The van der Waals surface area contributed by atoms with E-state index in [1.807, 2.05) is 0 Å². The van der Waals surface area contributed by atoms with Gasteiger partial charge in [-0.05, 0) is 83.1 Å². The van der Waals surface area contributed by atoms with E-state index in [-0.39, 0.29) is 0 Å². The summed E-state index contributed by atoms with van der Waals surface area (Å²) >= 11 is 0. The number of halogens is 4. The molecule has 0 saturated carbocycles. The van der Waals surface area contributed by atoms with Crippen LogP contribution in [0.15, 0.2) is 129 Å². The highest BCUT2D eigenvalue weighted by atomic mass is 32.3. The van der Waals surface area contributed by atoms with Gasteiger partial charge in [-0.15, -0.1) is 0 Å². The summed E-state index contributed by atoms with van der Waals surface area (Å²) in [6, 6.07) is 25.6. The molecule has 0 atom stereocenters. The summed E-state index contributed by atoms with van der Waals surface area (Å²) < 4.78 is 85.6. The Morgan fingerprint density at radius 1 is 0.559 bits per heavy atom. The fraction of sp³-hybridized carbons (Fsp3) is 0.0400. The van der Waals surface area contributed by atoms with Crippen LogP contribution in [0.5, 0.6) is 0 Å². The lowest BCUT2D eigenvalue weighted by Crippen LogP contribution is -2.15. The second kappa shape index (κ2) is 9.25. The maximum absolute atomic E-state index is 13.8. The van der Waals surface area contributed by atoms with Crippen molar-refractivity contribution >= 4 is 20.4 Å². The van der Waals surface area contributed by atoms with Crippen LogP contribution < -0.4 is 0 Å². The summed E-state index contributed by atoms with van der Waals surface area (Å²) in [5.41, 5.74) is -0.977. The number of alkyl halides is 3. The van der Waals surface area contributed by atoms with Crippen molar-refractivity contribution in [2.24, 2.45) is 0 Å². The van der Waals surface area contributed by atoms with Crippen molar-refractivity contribution in [3.8, 4) is 0 Å². The van der Waals surface area contributed by atoms with Gasteiger partial charge in [-0.3, -0.25) is 0 Å². The lowest BCUT2D eigenvalue weighted by molar-refractivity contribution is -0.137. The highest BCUT2D eigenvalue weighted by molar-refractivity contribution is 8.33. The van der Waals surface area contributed by atoms with Crippen molar-refractivity contribution in [2.45, 2.75) is 25.8 Å². The lowest BCUT2D eigenvalue weighted by Gasteiger charge is -2.39. The molecule has 34 heavy (non-hydrogen) atoms. The van der Waals surface area contributed by atoms with E-state index < -0.39 is 42.9 Å². The van der Waals surface area contributed by atoms with Gasteiger partial charge in [-0.25, -0.2) is 8.02 Å². The van der Waals surface area contributed by atoms with Gasteiger partial charge in [-0.1, -0.05) is 36.4 Å². The number of rotatable bonds is 6. The number of benzene rings is 4. The SMILES string of the molecule is O=S(=O)(OS(c1ccccc1)(c1ccccc1)c1ccc(F)cc1)c1ccc(C(F)(F)F)cc1. The van der Waals surface area contributed by atoms with Crippen molar-refractivity contribution in [2.75, 3.05) is 0 Å². The Morgan fingerprint density at radius 2 is 0.971 bits per heavy atom. The van der Waals surface area contributed by atoms with Crippen LogP contribution >= 0.6 is 10.3 Å². The van der Waals surface area contributed by atoms with Crippen LogP contribution in [0.2, 0.25) is 0 Å². The van der Waals surface area contributed by atoms with Crippen LogP contribution in [0.25, 0.3) is 0 Å². The van der Waals surface area contributed by atoms with Gasteiger partial charge in [-0.2, -0.15) is 21.6 Å². The molecule has 4 aromatic carbocycles. The summed E-state index contributed by atoms with van der Waals surface area (Å²) in [7, 11) is -7.53. The second-order valence-electron chi connectivity index (χ2n) is 7.18. The van der Waals surface area contributed by atoms with Gasteiger partial charge in [0.1, 0.15) is 5.82 Å². The first-order valence-corrected chi connectivity index (χ1v) is 12.9. The predicted octanol–water partition coefficient (Wildman–Crippen LogP) is 7.45. The molecule has 0 unspecified atom stereocenters. The molecule has 0 radical (unpaired) electrons. The van der Waals surface area contributed by atoms with E-state index in [2.05, 4.69) is 0 Å². The van der Waals surface area contributed by atoms with Gasteiger partial charge < -0.3 is 0 Å². The average Bonchev–Trinajstić information content (AvgIpc) is 2.84. The summed E-state index contributed by atoms with van der Waals surface area (Å²) in [4.78, 5) is 1.01. The Bertz CT molecular complexity index is 1320. The van der Waals surface area contributed by atoms with E-state index in [0.717, 1.165) is 12.1 Å². The average molecular weight is 507 g/mol. The maximum atomic E-state index is 13.8. The normalized spacial score (nSPS) is 12.9. The molecule has 4 rings (SSSR count). The molecule has 0 aliphatic heterocycles. The molecule has 176 valence electrons. The molecule has 0 aromatic heterocycles. The van der Waals surface area contributed by atoms with E-state index in [1.165, 1.54) is 24.3 Å². The van der Waals surface area contributed by atoms with Crippen LogP contribution in [0.1, 0.15) is 5.56 Å². The first-order chi connectivity index (χ1) is 16.1. The van der Waals surface area contributed by atoms with E-state index in [1.54, 1.807) is 60.7 Å². The third-order valence-electron chi connectivity index (χ3n) is 4.96. The summed E-state index contributed by atoms with van der Waals surface area (Å²) in [6.07, 6.45) is -4.61. The van der Waals surface area contributed by atoms with Crippen LogP contribution in [-0.2, 0) is 19.9 Å². The Labute approximate surface area is 196 Å². The number of hydrogen-bond donors (Lipinski definition) is 0. The summed E-state index contributed by atoms with van der Waals surface area (Å²) in [5.74, 6) is -0.510. The lowest BCUT2D eigenvalue weighted by atomic mass is 10.2. The fourth-order valence-electron chi connectivity index (χ4n) is 3.36. The van der Waals surface area contributed by atoms with Gasteiger partial charge >= 0.3 is 16.3 Å². The minimum absolute atomic E-state index is 0.404. The van der Waals surface area contributed by atoms with Crippen molar-refractivity contribution < 1.29 is 29.6 Å². The fourth-order valence-corrected chi connectivity index (χ4v) is 8.58. The third-order valence-corrected chi connectivity index (χ3v) is 10.1. The minimum atomic E-state index is -4.61. The van der Waals surface area contributed by atoms with Crippen molar-refractivity contribution in [1.29, 1.82) is 0 Å². The molecule has 0 fully saturated rings. The van der Waals surface area contributed by atoms with Gasteiger partial charge in [0.15, 0.2) is 0 Å². The van der Waals surface area contributed by atoms with E-state index >= 15 is 0 Å². The highest BCUT2D eigenvalue weighted by Crippen LogP contribution is 2.70. The molecule has 0 bridgehead atoms. The zero-order chi connectivity index (χ0) is 24.4. The van der Waals surface area contributed by atoms with Gasteiger partial charge in [0.25, 0.3) is 0 Å². The molecule has 3 nitrogen and oxygen atoms in total. The van der Waals surface area contributed by atoms with Crippen LogP contribution in [0, 0.1) is 5.82 Å². The van der Waals surface area contributed by atoms with Gasteiger partial charge in [0.05, 0.1) is 10.5 Å². The third kappa shape index (κ3) is 4.72. The van der Waals surface area contributed by atoms with Gasteiger partial charge in [0.2, 0.25) is 0 Å². The molecule has 0 spiro atoms. The second-order valence-corrected chi connectivity index (χ2v) is 11.6. The van der Waals surface area contributed by atoms with Crippen LogP contribution in [-0.4, -0.2) is 8.42 Å². The molecular formula is C25H18F4O3S2. The van der Waals surface area contributed by atoms with Crippen molar-refractivity contribution in [3.63, 3.8) is 0 Å². The molecule has 0 aliphatic carbocycles. The van der Waals surface area contributed by atoms with Crippen molar-refractivity contribution in [3.05, 3.63) is 121 Å². The largest absolute Gasteiger partial charge is 0.416 e. The highest BCUT2D eigenvalue weighted by Gasteiger charge is 2.38. The molecule has 0 saturated heterocycles. The number of hydrogen-bond acceptors (Lipinski definition) is 3. The zero-order valence-corrected chi connectivity index (χ0v) is 19.1. The van der Waals surface area contributed by atoms with Crippen LogP contribution in [0.3, 0.4) is 0 Å². The molecule has 4 aromatic rings. The maximum Gasteiger partial charge on any atom is 0.416 e. The molecule has 0 N–H and O–H groups in total.